The quantitative estimate of drug-likeness (QED) is 0.315. The van der Waals surface area contributed by atoms with Gasteiger partial charge in [0.15, 0.2) is 0 Å². The van der Waals surface area contributed by atoms with Crippen LogP contribution in [0.5, 0.6) is 5.75 Å². The standard InChI is InChI=1S/C29H26FN3O2/c1-19(2)31-29(34)23-11-13-27-26(16-23)32-28(33(27)17-20-6-5-9-24(30)14-20)18-35-25-12-10-21-7-3-4-8-22(21)15-25/h3-16,19H,17-18H2,1-2H3,(H,31,34). The van der Waals surface area contributed by atoms with Crippen molar-refractivity contribution < 1.29 is 13.9 Å². The molecule has 0 bridgehead atoms. The Balaban J connectivity index is 1.49. The Morgan fingerprint density at radius 1 is 0.971 bits per heavy atom. The summed E-state index contributed by atoms with van der Waals surface area (Å²) < 4.78 is 22.0. The van der Waals surface area contributed by atoms with Crippen molar-refractivity contribution in [3.05, 3.63) is 108 Å². The number of aromatic nitrogens is 2. The normalized spacial score (nSPS) is 11.3. The highest BCUT2D eigenvalue weighted by molar-refractivity contribution is 5.97. The Labute approximate surface area is 203 Å². The van der Waals surface area contributed by atoms with Gasteiger partial charge < -0.3 is 14.6 Å². The predicted molar refractivity (Wildman–Crippen MR) is 136 cm³/mol. The molecular weight excluding hydrogens is 441 g/mol. The van der Waals surface area contributed by atoms with Crippen LogP contribution in [0.15, 0.2) is 84.9 Å². The number of hydrogen-bond donors (Lipinski definition) is 1. The van der Waals surface area contributed by atoms with E-state index in [1.807, 2.05) is 66.9 Å². The van der Waals surface area contributed by atoms with E-state index < -0.39 is 0 Å². The van der Waals surface area contributed by atoms with E-state index >= 15 is 0 Å². The first-order chi connectivity index (χ1) is 17.0. The van der Waals surface area contributed by atoms with E-state index in [2.05, 4.69) is 11.4 Å². The fourth-order valence-electron chi connectivity index (χ4n) is 4.18. The molecule has 0 saturated heterocycles. The lowest BCUT2D eigenvalue weighted by Crippen LogP contribution is -2.29. The van der Waals surface area contributed by atoms with Gasteiger partial charge in [-0.05, 0) is 72.6 Å². The average molecular weight is 468 g/mol. The summed E-state index contributed by atoms with van der Waals surface area (Å²) in [6.45, 7) is 4.51. The topological polar surface area (TPSA) is 56.1 Å². The highest BCUT2D eigenvalue weighted by Crippen LogP contribution is 2.24. The molecule has 1 aromatic heterocycles. The molecule has 0 saturated carbocycles. The molecule has 176 valence electrons. The van der Waals surface area contributed by atoms with Gasteiger partial charge in [0.2, 0.25) is 0 Å². The second-order valence-corrected chi connectivity index (χ2v) is 8.87. The number of fused-ring (bicyclic) bond motifs is 2. The third-order valence-corrected chi connectivity index (χ3v) is 5.83. The molecule has 1 heterocycles. The van der Waals surface area contributed by atoms with E-state index in [9.17, 15) is 9.18 Å². The SMILES string of the molecule is CC(C)NC(=O)c1ccc2c(c1)nc(COc1ccc3ccccc3c1)n2Cc1cccc(F)c1. The van der Waals surface area contributed by atoms with Crippen molar-refractivity contribution in [3.63, 3.8) is 0 Å². The van der Waals surface area contributed by atoms with E-state index in [-0.39, 0.29) is 24.4 Å². The van der Waals surface area contributed by atoms with E-state index in [1.54, 1.807) is 18.2 Å². The number of rotatable bonds is 7. The lowest BCUT2D eigenvalue weighted by molar-refractivity contribution is 0.0943. The van der Waals surface area contributed by atoms with Gasteiger partial charge in [-0.15, -0.1) is 0 Å². The number of carbonyl (C=O) groups is 1. The molecule has 35 heavy (non-hydrogen) atoms. The molecule has 0 radical (unpaired) electrons. The fraction of sp³-hybridized carbons (Fsp3) is 0.172. The molecule has 5 rings (SSSR count). The van der Waals surface area contributed by atoms with Crippen LogP contribution in [0.4, 0.5) is 4.39 Å². The van der Waals surface area contributed by atoms with Gasteiger partial charge in [-0.2, -0.15) is 0 Å². The van der Waals surface area contributed by atoms with Crippen LogP contribution >= 0.6 is 0 Å². The zero-order chi connectivity index (χ0) is 24.4. The second-order valence-electron chi connectivity index (χ2n) is 8.87. The first kappa shape index (κ1) is 22.6. The van der Waals surface area contributed by atoms with E-state index in [0.717, 1.165) is 27.6 Å². The number of nitrogens with one attached hydrogen (secondary N) is 1. The van der Waals surface area contributed by atoms with Crippen LogP contribution in [0.1, 0.15) is 35.6 Å². The van der Waals surface area contributed by atoms with E-state index in [1.165, 1.54) is 12.1 Å². The summed E-state index contributed by atoms with van der Waals surface area (Å²) in [7, 11) is 0. The number of ether oxygens (including phenoxy) is 1. The summed E-state index contributed by atoms with van der Waals surface area (Å²) in [4.78, 5) is 17.3. The second kappa shape index (κ2) is 9.58. The number of carbonyl (C=O) groups excluding carboxylic acids is 1. The minimum absolute atomic E-state index is 0.0367. The van der Waals surface area contributed by atoms with Crippen molar-refractivity contribution in [2.24, 2.45) is 0 Å². The van der Waals surface area contributed by atoms with Gasteiger partial charge >= 0.3 is 0 Å². The molecule has 0 aliphatic heterocycles. The monoisotopic (exact) mass is 467 g/mol. The number of amides is 1. The van der Waals surface area contributed by atoms with Gasteiger partial charge in [0.1, 0.15) is 24.0 Å². The Bertz CT molecular complexity index is 1520. The zero-order valence-corrected chi connectivity index (χ0v) is 19.7. The first-order valence-corrected chi connectivity index (χ1v) is 11.6. The van der Waals surface area contributed by atoms with Crippen LogP contribution in [0, 0.1) is 5.82 Å². The average Bonchev–Trinajstić information content (AvgIpc) is 3.18. The molecule has 1 N–H and O–H groups in total. The predicted octanol–water partition coefficient (Wildman–Crippen LogP) is 6.09. The lowest BCUT2D eigenvalue weighted by Gasteiger charge is -2.12. The van der Waals surface area contributed by atoms with Crippen LogP contribution in [0.2, 0.25) is 0 Å². The number of nitrogens with zero attached hydrogens (tertiary/aromatic N) is 2. The van der Waals surface area contributed by atoms with Gasteiger partial charge in [-0.3, -0.25) is 4.79 Å². The zero-order valence-electron chi connectivity index (χ0n) is 19.7. The van der Waals surface area contributed by atoms with Crippen LogP contribution in [0.25, 0.3) is 21.8 Å². The van der Waals surface area contributed by atoms with Crippen LogP contribution in [-0.4, -0.2) is 21.5 Å². The summed E-state index contributed by atoms with van der Waals surface area (Å²) in [5.74, 6) is 1.01. The third kappa shape index (κ3) is 5.01. The van der Waals surface area contributed by atoms with Gasteiger partial charge in [0, 0.05) is 18.2 Å². The first-order valence-electron chi connectivity index (χ1n) is 11.6. The Morgan fingerprint density at radius 2 is 1.80 bits per heavy atom. The molecule has 0 aliphatic carbocycles. The Kier molecular flexibility index (Phi) is 6.19. The number of hydrogen-bond acceptors (Lipinski definition) is 3. The van der Waals surface area contributed by atoms with Gasteiger partial charge in [0.25, 0.3) is 5.91 Å². The Hall–Kier alpha value is -4.19. The van der Waals surface area contributed by atoms with Crippen LogP contribution < -0.4 is 10.1 Å². The van der Waals surface area contributed by atoms with Crippen molar-refractivity contribution in [2.45, 2.75) is 33.0 Å². The Morgan fingerprint density at radius 3 is 2.60 bits per heavy atom. The minimum Gasteiger partial charge on any atom is -0.486 e. The highest BCUT2D eigenvalue weighted by atomic mass is 19.1. The number of imidazole rings is 1. The largest absolute Gasteiger partial charge is 0.486 e. The summed E-state index contributed by atoms with van der Waals surface area (Å²) in [6.07, 6.45) is 0. The summed E-state index contributed by atoms with van der Waals surface area (Å²) in [5, 5.41) is 5.15. The van der Waals surface area contributed by atoms with Gasteiger partial charge in [-0.25, -0.2) is 9.37 Å². The maximum Gasteiger partial charge on any atom is 0.251 e. The smallest absolute Gasteiger partial charge is 0.251 e. The molecule has 1 amide bonds. The van der Waals surface area contributed by atoms with E-state index in [0.29, 0.717) is 23.4 Å². The van der Waals surface area contributed by atoms with Crippen molar-refractivity contribution in [1.82, 2.24) is 14.9 Å². The molecular formula is C29H26FN3O2. The van der Waals surface area contributed by atoms with Crippen LogP contribution in [0.3, 0.4) is 0 Å². The van der Waals surface area contributed by atoms with Crippen molar-refractivity contribution in [2.75, 3.05) is 0 Å². The molecule has 5 nitrogen and oxygen atoms in total. The maximum atomic E-state index is 13.9. The van der Waals surface area contributed by atoms with Crippen LogP contribution in [-0.2, 0) is 13.2 Å². The maximum absolute atomic E-state index is 13.9. The summed E-state index contributed by atoms with van der Waals surface area (Å²) >= 11 is 0. The molecule has 0 unspecified atom stereocenters. The third-order valence-electron chi connectivity index (χ3n) is 5.83. The molecule has 0 spiro atoms. The minimum atomic E-state index is -0.284. The number of benzene rings is 4. The molecule has 6 heteroatoms. The van der Waals surface area contributed by atoms with Crippen molar-refractivity contribution >= 4 is 27.7 Å². The number of halogens is 1. The molecule has 0 aliphatic rings. The molecule has 4 aromatic carbocycles. The molecule has 5 aromatic rings. The molecule has 0 atom stereocenters. The van der Waals surface area contributed by atoms with Gasteiger partial charge in [-0.1, -0.05) is 42.5 Å². The fourth-order valence-corrected chi connectivity index (χ4v) is 4.18. The lowest BCUT2D eigenvalue weighted by atomic mass is 10.1. The molecule has 0 fully saturated rings. The van der Waals surface area contributed by atoms with Crippen molar-refractivity contribution in [3.8, 4) is 5.75 Å². The van der Waals surface area contributed by atoms with Gasteiger partial charge in [0.05, 0.1) is 11.0 Å². The highest BCUT2D eigenvalue weighted by Gasteiger charge is 2.15. The van der Waals surface area contributed by atoms with E-state index in [4.69, 9.17) is 9.72 Å². The summed E-state index contributed by atoms with van der Waals surface area (Å²) in [5.41, 5.74) is 2.91. The van der Waals surface area contributed by atoms with Crippen molar-refractivity contribution in [1.29, 1.82) is 0 Å². The summed E-state index contributed by atoms with van der Waals surface area (Å²) in [6, 6.07) is 26.1.